The third-order valence-corrected chi connectivity index (χ3v) is 8.97. The smallest absolute Gasteiger partial charge is 0.261 e. The van der Waals surface area contributed by atoms with Crippen LogP contribution < -0.4 is 5.32 Å². The Morgan fingerprint density at radius 2 is 2.20 bits per heavy atom. The Morgan fingerprint density at radius 1 is 1.37 bits per heavy atom. The Kier molecular flexibility index (Phi) is 7.29. The lowest BCUT2D eigenvalue weighted by atomic mass is 9.78. The van der Waals surface area contributed by atoms with Crippen molar-refractivity contribution in [3.8, 4) is 10.4 Å². The summed E-state index contributed by atoms with van der Waals surface area (Å²) in [7, 11) is 0. The Bertz CT molecular complexity index is 1110. The molecular weight excluding hydrogens is 488 g/mol. The lowest BCUT2D eigenvalue weighted by Gasteiger charge is -2.42. The van der Waals surface area contributed by atoms with Crippen molar-refractivity contribution in [1.29, 1.82) is 0 Å². The quantitative estimate of drug-likeness (QED) is 0.446. The van der Waals surface area contributed by atoms with Crippen molar-refractivity contribution in [2.24, 2.45) is 5.92 Å². The Labute approximate surface area is 213 Å². The number of hydrogen-bond donors (Lipinski definition) is 1. The molecule has 6 atom stereocenters. The number of fused-ring (bicyclic) bond motifs is 1. The first-order valence-electron chi connectivity index (χ1n) is 12.2. The van der Waals surface area contributed by atoms with E-state index < -0.39 is 6.04 Å². The van der Waals surface area contributed by atoms with E-state index in [0.29, 0.717) is 11.4 Å². The fourth-order valence-electron chi connectivity index (χ4n) is 5.74. The van der Waals surface area contributed by atoms with Crippen molar-refractivity contribution in [3.05, 3.63) is 35.0 Å². The van der Waals surface area contributed by atoms with Crippen LogP contribution in [0, 0.1) is 5.92 Å². The van der Waals surface area contributed by atoms with Crippen LogP contribution in [0.25, 0.3) is 10.4 Å². The summed E-state index contributed by atoms with van der Waals surface area (Å²) in [6.45, 7) is 2.66. The Morgan fingerprint density at radius 3 is 3.00 bits per heavy atom. The number of aldehydes is 1. The summed E-state index contributed by atoms with van der Waals surface area (Å²) < 4.78 is 5.65. The summed E-state index contributed by atoms with van der Waals surface area (Å²) >= 11 is 7.89. The number of rotatable bonds is 7. The van der Waals surface area contributed by atoms with Crippen LogP contribution in [0.4, 0.5) is 0 Å². The van der Waals surface area contributed by atoms with E-state index in [1.165, 1.54) is 11.3 Å². The molecule has 10 heteroatoms. The number of ketones is 1. The van der Waals surface area contributed by atoms with Gasteiger partial charge in [-0.3, -0.25) is 14.5 Å². The van der Waals surface area contributed by atoms with Crippen LogP contribution >= 0.6 is 22.9 Å². The molecule has 3 aliphatic rings. The Balaban J connectivity index is 1.32. The van der Waals surface area contributed by atoms with Crippen molar-refractivity contribution in [3.63, 3.8) is 0 Å². The highest BCUT2D eigenvalue weighted by Gasteiger charge is 2.53. The molecule has 1 aliphatic carbocycles. The Hall–Kier alpha value is -2.20. The summed E-state index contributed by atoms with van der Waals surface area (Å²) in [6.07, 6.45) is 6.69. The highest BCUT2D eigenvalue weighted by atomic mass is 35.5. The summed E-state index contributed by atoms with van der Waals surface area (Å²) in [5.41, 5.74) is 1.81. The first-order valence-corrected chi connectivity index (χ1v) is 13.5. The molecule has 2 saturated heterocycles. The highest BCUT2D eigenvalue weighted by Crippen LogP contribution is 2.39. The van der Waals surface area contributed by atoms with E-state index in [1.54, 1.807) is 12.3 Å². The predicted molar refractivity (Wildman–Crippen MR) is 133 cm³/mol. The van der Waals surface area contributed by atoms with Crippen LogP contribution in [0.2, 0.25) is 0 Å². The molecule has 2 aromatic heterocycles. The maximum atomic E-state index is 13.1. The molecule has 1 amide bonds. The molecule has 0 radical (unpaired) electrons. The van der Waals surface area contributed by atoms with Gasteiger partial charge in [0.1, 0.15) is 12.9 Å². The largest absolute Gasteiger partial charge is 0.367 e. The van der Waals surface area contributed by atoms with E-state index >= 15 is 0 Å². The standard InChI is InChI=1S/C25H29ClN4O4S/c1-2-15-9-14(10-27-29-15)21-7-8-22(35-21)25(33)28-18(12-31)16-5-3-4-6-19(16)30-11-17(26)24-23(30)20(32)13-34-24/h7-10,12,16-19,23-24H,2-6,11,13H2,1H3,(H,28,33)/t16?,17-,18?,19-,23+,24+/m0/s1. The molecule has 1 saturated carbocycles. The van der Waals surface area contributed by atoms with Gasteiger partial charge in [-0.1, -0.05) is 19.8 Å². The number of thiophene rings is 1. The number of aromatic nitrogens is 2. The van der Waals surface area contributed by atoms with Gasteiger partial charge in [-0.05, 0) is 37.5 Å². The molecule has 2 aliphatic heterocycles. The number of carbonyl (C=O) groups excluding carboxylic acids is 3. The normalized spacial score (nSPS) is 29.7. The molecule has 2 aromatic rings. The zero-order valence-electron chi connectivity index (χ0n) is 19.6. The van der Waals surface area contributed by atoms with E-state index in [-0.39, 0.29) is 47.8 Å². The molecule has 3 fully saturated rings. The van der Waals surface area contributed by atoms with Gasteiger partial charge in [0, 0.05) is 28.9 Å². The number of likely N-dealkylation sites (tertiary alicyclic amines) is 1. The van der Waals surface area contributed by atoms with Crippen LogP contribution in [-0.2, 0) is 20.7 Å². The second-order valence-corrected chi connectivity index (χ2v) is 11.1. The van der Waals surface area contributed by atoms with Crippen molar-refractivity contribution in [1.82, 2.24) is 20.4 Å². The molecule has 1 N–H and O–H groups in total. The summed E-state index contributed by atoms with van der Waals surface area (Å²) in [5, 5.41) is 10.9. The zero-order valence-corrected chi connectivity index (χ0v) is 21.1. The minimum atomic E-state index is -0.641. The van der Waals surface area contributed by atoms with Crippen LogP contribution in [0.15, 0.2) is 24.4 Å². The summed E-state index contributed by atoms with van der Waals surface area (Å²) in [4.78, 5) is 41.5. The number of ether oxygens (including phenoxy) is 1. The second kappa shape index (κ2) is 10.4. The molecule has 4 heterocycles. The molecule has 2 unspecified atom stereocenters. The number of halogens is 1. The summed E-state index contributed by atoms with van der Waals surface area (Å²) in [6, 6.07) is 4.65. The van der Waals surface area contributed by atoms with Gasteiger partial charge in [0.05, 0.1) is 40.3 Å². The highest BCUT2D eigenvalue weighted by molar-refractivity contribution is 7.17. The fraction of sp³-hybridized carbons (Fsp3) is 0.560. The minimum Gasteiger partial charge on any atom is -0.367 e. The van der Waals surface area contributed by atoms with E-state index in [1.807, 2.05) is 19.1 Å². The molecule has 0 spiro atoms. The van der Waals surface area contributed by atoms with Gasteiger partial charge in [0.15, 0.2) is 5.78 Å². The van der Waals surface area contributed by atoms with Gasteiger partial charge >= 0.3 is 0 Å². The lowest BCUT2D eigenvalue weighted by molar-refractivity contribution is -0.122. The number of alkyl halides is 1. The maximum absolute atomic E-state index is 13.1. The third-order valence-electron chi connectivity index (χ3n) is 7.45. The number of Topliss-reactive ketones (excluding diaryl/α,β-unsaturated/α-hetero) is 1. The molecule has 8 nitrogen and oxygen atoms in total. The molecule has 0 aromatic carbocycles. The van der Waals surface area contributed by atoms with Crippen molar-refractivity contribution < 1.29 is 19.1 Å². The van der Waals surface area contributed by atoms with Gasteiger partial charge in [-0.2, -0.15) is 10.2 Å². The lowest BCUT2D eigenvalue weighted by Crippen LogP contribution is -2.55. The van der Waals surface area contributed by atoms with Gasteiger partial charge in [-0.15, -0.1) is 22.9 Å². The van der Waals surface area contributed by atoms with Crippen molar-refractivity contribution in [2.75, 3.05) is 13.2 Å². The van der Waals surface area contributed by atoms with Crippen LogP contribution in [-0.4, -0.2) is 75.8 Å². The van der Waals surface area contributed by atoms with Gasteiger partial charge < -0.3 is 14.8 Å². The average molecular weight is 517 g/mol. The number of carbonyl (C=O) groups is 3. The van der Waals surface area contributed by atoms with Crippen LogP contribution in [0.1, 0.15) is 48.0 Å². The average Bonchev–Trinajstić information content (AvgIpc) is 3.61. The zero-order chi connectivity index (χ0) is 24.5. The number of nitrogens with zero attached hydrogens (tertiary/aromatic N) is 3. The predicted octanol–water partition coefficient (Wildman–Crippen LogP) is 2.88. The third kappa shape index (κ3) is 4.79. The van der Waals surface area contributed by atoms with E-state index in [9.17, 15) is 14.4 Å². The summed E-state index contributed by atoms with van der Waals surface area (Å²) in [5.74, 6) is -0.301. The number of aryl methyl sites for hydroxylation is 1. The van der Waals surface area contributed by atoms with E-state index in [4.69, 9.17) is 16.3 Å². The van der Waals surface area contributed by atoms with Gasteiger partial charge in [0.25, 0.3) is 5.91 Å². The van der Waals surface area contributed by atoms with Gasteiger partial charge in [-0.25, -0.2) is 0 Å². The van der Waals surface area contributed by atoms with Crippen LogP contribution in [0.3, 0.4) is 0 Å². The van der Waals surface area contributed by atoms with E-state index in [2.05, 4.69) is 20.4 Å². The first-order chi connectivity index (χ1) is 17.0. The molecular formula is C25H29ClN4O4S. The topological polar surface area (TPSA) is 101 Å². The van der Waals surface area contributed by atoms with Gasteiger partial charge in [0.2, 0.25) is 0 Å². The van der Waals surface area contributed by atoms with Crippen molar-refractivity contribution >= 4 is 40.9 Å². The van der Waals surface area contributed by atoms with E-state index in [0.717, 1.165) is 54.5 Å². The van der Waals surface area contributed by atoms with Crippen LogP contribution in [0.5, 0.6) is 0 Å². The second-order valence-electron chi connectivity index (χ2n) is 9.50. The molecule has 35 heavy (non-hydrogen) atoms. The molecule has 0 bridgehead atoms. The maximum Gasteiger partial charge on any atom is 0.261 e. The van der Waals surface area contributed by atoms with Crippen molar-refractivity contribution in [2.45, 2.75) is 68.6 Å². The number of amides is 1. The molecule has 186 valence electrons. The molecule has 5 rings (SSSR count). The number of hydrogen-bond acceptors (Lipinski definition) is 8. The monoisotopic (exact) mass is 516 g/mol. The fourth-order valence-corrected chi connectivity index (χ4v) is 7.00. The first kappa shape index (κ1) is 24.5. The number of nitrogens with one attached hydrogen (secondary N) is 1. The SMILES string of the molecule is CCc1cc(-c2ccc(C(=O)NC(C=O)C3CCCC[C@@H]3N3C[C@H](Cl)[C@H]4OCC(=O)[C@H]43)s2)cnn1. The minimum absolute atomic E-state index is 0.00425.